The molecular weight excluding hydrogens is 719 g/mol. The highest BCUT2D eigenvalue weighted by Crippen LogP contribution is 2.37. The second-order valence-corrected chi connectivity index (χ2v) is 15.6. The number of likely N-dealkylation sites (tertiary alicyclic amines) is 1. The zero-order valence-corrected chi connectivity index (χ0v) is 31.7. The Morgan fingerprint density at radius 2 is 1.68 bits per heavy atom. The van der Waals surface area contributed by atoms with Crippen molar-refractivity contribution in [1.29, 1.82) is 0 Å². The Balaban J connectivity index is 0.742. The molecule has 0 radical (unpaired) electrons. The van der Waals surface area contributed by atoms with Gasteiger partial charge in [-0.2, -0.15) is 0 Å². The lowest BCUT2D eigenvalue weighted by atomic mass is 9.83. The number of rotatable bonds is 9. The Labute approximate surface area is 331 Å². The molecule has 3 fully saturated rings. The van der Waals surface area contributed by atoms with Crippen LogP contribution in [-0.4, -0.2) is 84.8 Å². The normalized spacial score (nSPS) is 20.0. The molecule has 0 bridgehead atoms. The summed E-state index contributed by atoms with van der Waals surface area (Å²) in [5, 5.41) is 17.3. The van der Waals surface area contributed by atoms with E-state index in [1.165, 1.54) is 16.8 Å². The number of anilines is 3. The molecule has 13 heteroatoms. The lowest BCUT2D eigenvalue weighted by Gasteiger charge is -2.39. The van der Waals surface area contributed by atoms with Crippen LogP contribution in [0.3, 0.4) is 0 Å². The largest absolute Gasteiger partial charge is 0.385 e. The number of aliphatic hydroxyl groups is 1. The monoisotopic (exact) mass is 763 g/mol. The summed E-state index contributed by atoms with van der Waals surface area (Å²) in [5.74, 6) is 0.734. The second-order valence-electron chi connectivity index (χ2n) is 15.6. The topological polar surface area (TPSA) is 157 Å². The molecule has 290 valence electrons. The summed E-state index contributed by atoms with van der Waals surface area (Å²) in [6.45, 7) is 4.59. The Hall–Kier alpha value is -6.05. The fraction of sp³-hybridized carbons (Fsp3) is 0.341. The van der Waals surface area contributed by atoms with Crippen molar-refractivity contribution in [2.45, 2.75) is 69.2 Å². The van der Waals surface area contributed by atoms with E-state index in [-0.39, 0.29) is 18.2 Å². The molecule has 0 spiro atoms. The van der Waals surface area contributed by atoms with Gasteiger partial charge in [-0.15, -0.1) is 0 Å². The number of carbonyl (C=O) groups is 3. The molecule has 4 aliphatic heterocycles. The van der Waals surface area contributed by atoms with Gasteiger partial charge in [0.25, 0.3) is 5.91 Å². The van der Waals surface area contributed by atoms with Gasteiger partial charge in [-0.3, -0.25) is 29.6 Å². The fourth-order valence-corrected chi connectivity index (χ4v) is 8.70. The highest BCUT2D eigenvalue weighted by molar-refractivity contribution is 6.05. The van der Waals surface area contributed by atoms with Gasteiger partial charge in [0.1, 0.15) is 11.9 Å². The number of imide groups is 1. The first-order valence-corrected chi connectivity index (χ1v) is 19.8. The number of piperidine rings is 3. The first-order valence-electron chi connectivity index (χ1n) is 19.8. The number of amides is 3. The maximum Gasteiger partial charge on any atom is 0.255 e. The van der Waals surface area contributed by atoms with E-state index >= 15 is 0 Å². The van der Waals surface area contributed by atoms with Crippen LogP contribution >= 0.6 is 0 Å². The molecule has 13 nitrogen and oxygen atoms in total. The van der Waals surface area contributed by atoms with Gasteiger partial charge in [-0.1, -0.05) is 30.3 Å². The average Bonchev–Trinajstić information content (AvgIpc) is 3.57. The summed E-state index contributed by atoms with van der Waals surface area (Å²) in [7, 11) is 0. The standard InChI is InChI=1S/C44H45N9O4/c54-40-12-10-38(41(55)50-40)53-28-33-24-34(6-9-36(33)42(53)56)44(57)16-22-51(23-17-44)27-29-3-7-35(8-4-29)52-20-14-30(15-21-52)31-5-11-39(47-26-31)49-43-46-19-13-37(48-43)32-2-1-18-45-25-32/h1-9,11,13,18-19,24-26,30,38,57H,10,12,14-17,20-23,27-28H2,(H,50,54,55)(H,46,47,48,49). The summed E-state index contributed by atoms with van der Waals surface area (Å²) in [4.78, 5) is 61.5. The zero-order valence-electron chi connectivity index (χ0n) is 31.7. The Morgan fingerprint density at radius 3 is 2.42 bits per heavy atom. The van der Waals surface area contributed by atoms with Gasteiger partial charge in [0.15, 0.2) is 0 Å². The third-order valence-electron chi connectivity index (χ3n) is 12.1. The molecule has 9 rings (SSSR count). The van der Waals surface area contributed by atoms with Crippen molar-refractivity contribution >= 4 is 35.2 Å². The quantitative estimate of drug-likeness (QED) is 0.167. The average molecular weight is 764 g/mol. The van der Waals surface area contributed by atoms with Crippen LogP contribution in [0.15, 0.2) is 97.6 Å². The van der Waals surface area contributed by atoms with Gasteiger partial charge < -0.3 is 20.2 Å². The smallest absolute Gasteiger partial charge is 0.255 e. The molecule has 7 heterocycles. The number of benzene rings is 2. The highest BCUT2D eigenvalue weighted by Gasteiger charge is 2.41. The molecule has 1 atom stereocenters. The van der Waals surface area contributed by atoms with Gasteiger partial charge >= 0.3 is 0 Å². The number of nitrogens with one attached hydrogen (secondary N) is 2. The number of pyridine rings is 2. The summed E-state index contributed by atoms with van der Waals surface area (Å²) in [6.07, 6.45) is 11.1. The third kappa shape index (κ3) is 7.72. The van der Waals surface area contributed by atoms with Gasteiger partial charge in [-0.05, 0) is 103 Å². The molecule has 3 N–H and O–H groups in total. The van der Waals surface area contributed by atoms with Crippen molar-refractivity contribution < 1.29 is 19.5 Å². The molecule has 4 aliphatic rings. The van der Waals surface area contributed by atoms with Crippen LogP contribution in [0.1, 0.15) is 77.1 Å². The number of hydrogen-bond acceptors (Lipinski definition) is 11. The van der Waals surface area contributed by atoms with E-state index in [2.05, 4.69) is 70.7 Å². The van der Waals surface area contributed by atoms with E-state index in [0.717, 1.165) is 67.9 Å². The SMILES string of the molecule is O=C1CCC(N2Cc3cc(C4(O)CCN(Cc5ccc(N6CCC(c7ccc(Nc8nccc(-c9cccnc9)n8)nc7)CC6)cc5)CC4)ccc3C2=O)C(=O)N1. The van der Waals surface area contributed by atoms with Crippen LogP contribution in [0, 0.1) is 0 Å². The Bertz CT molecular complexity index is 2270. The summed E-state index contributed by atoms with van der Waals surface area (Å²) in [6, 6.07) is 23.7. The lowest BCUT2D eigenvalue weighted by Crippen LogP contribution is -2.52. The maximum atomic E-state index is 13.2. The minimum absolute atomic E-state index is 0.201. The van der Waals surface area contributed by atoms with Crippen molar-refractivity contribution in [3.63, 3.8) is 0 Å². The van der Waals surface area contributed by atoms with Crippen molar-refractivity contribution in [2.75, 3.05) is 36.4 Å². The number of carbonyl (C=O) groups excluding carboxylic acids is 3. The van der Waals surface area contributed by atoms with Crippen LogP contribution < -0.4 is 15.5 Å². The van der Waals surface area contributed by atoms with Crippen LogP contribution in [0.25, 0.3) is 11.3 Å². The molecule has 5 aromatic rings. The van der Waals surface area contributed by atoms with Crippen LogP contribution in [-0.2, 0) is 28.3 Å². The van der Waals surface area contributed by atoms with E-state index < -0.39 is 17.6 Å². The number of nitrogens with zero attached hydrogens (tertiary/aromatic N) is 7. The molecule has 3 amide bonds. The minimum Gasteiger partial charge on any atom is -0.385 e. The first kappa shape index (κ1) is 36.6. The predicted molar refractivity (Wildman–Crippen MR) is 214 cm³/mol. The second kappa shape index (κ2) is 15.5. The summed E-state index contributed by atoms with van der Waals surface area (Å²) >= 11 is 0. The third-order valence-corrected chi connectivity index (χ3v) is 12.1. The molecule has 2 aromatic carbocycles. The summed E-state index contributed by atoms with van der Waals surface area (Å²) in [5.41, 5.74) is 6.67. The van der Waals surface area contributed by atoms with Gasteiger partial charge in [0.2, 0.25) is 17.8 Å². The van der Waals surface area contributed by atoms with Crippen molar-refractivity contribution in [2.24, 2.45) is 0 Å². The zero-order chi connectivity index (χ0) is 38.9. The van der Waals surface area contributed by atoms with Crippen LogP contribution in [0.2, 0.25) is 0 Å². The van der Waals surface area contributed by atoms with Crippen molar-refractivity contribution in [3.05, 3.63) is 125 Å². The van der Waals surface area contributed by atoms with Crippen molar-refractivity contribution in [3.8, 4) is 11.3 Å². The first-order chi connectivity index (χ1) is 27.8. The van der Waals surface area contributed by atoms with Gasteiger partial charge in [0, 0.05) is 87.3 Å². The highest BCUT2D eigenvalue weighted by atomic mass is 16.3. The van der Waals surface area contributed by atoms with E-state index in [0.29, 0.717) is 49.1 Å². The molecule has 0 saturated carbocycles. The minimum atomic E-state index is -0.982. The number of fused-ring (bicyclic) bond motifs is 1. The number of hydrogen-bond donors (Lipinski definition) is 3. The molecule has 3 saturated heterocycles. The molecule has 3 aromatic heterocycles. The van der Waals surface area contributed by atoms with E-state index in [4.69, 9.17) is 0 Å². The lowest BCUT2D eigenvalue weighted by molar-refractivity contribution is -0.136. The predicted octanol–water partition coefficient (Wildman–Crippen LogP) is 5.31. The van der Waals surface area contributed by atoms with Crippen LogP contribution in [0.4, 0.5) is 17.5 Å². The van der Waals surface area contributed by atoms with Crippen LogP contribution in [0.5, 0.6) is 0 Å². The van der Waals surface area contributed by atoms with E-state index in [1.807, 2.05) is 42.6 Å². The molecule has 1 unspecified atom stereocenters. The number of aromatic nitrogens is 4. The maximum absolute atomic E-state index is 13.2. The molecule has 57 heavy (non-hydrogen) atoms. The van der Waals surface area contributed by atoms with Gasteiger partial charge in [0.05, 0.1) is 11.3 Å². The van der Waals surface area contributed by atoms with Gasteiger partial charge in [-0.25, -0.2) is 15.0 Å². The van der Waals surface area contributed by atoms with Crippen molar-refractivity contribution in [1.82, 2.24) is 35.1 Å². The summed E-state index contributed by atoms with van der Waals surface area (Å²) < 4.78 is 0. The van der Waals surface area contributed by atoms with E-state index in [1.54, 1.807) is 29.6 Å². The molecule has 0 aliphatic carbocycles. The Kier molecular flexibility index (Phi) is 9.93. The molecular formula is C44H45N9O4. The Morgan fingerprint density at radius 1 is 0.860 bits per heavy atom. The fourth-order valence-electron chi connectivity index (χ4n) is 8.70. The van der Waals surface area contributed by atoms with E-state index in [9.17, 15) is 19.5 Å².